The first-order chi connectivity index (χ1) is 4.66. The Morgan fingerprint density at radius 3 is 2.10 bits per heavy atom. The summed E-state index contributed by atoms with van der Waals surface area (Å²) < 4.78 is 1.29. The minimum Gasteiger partial charge on any atom is -0.133 e. The predicted octanol–water partition coefficient (Wildman–Crippen LogP) is 3.69. The molecule has 0 fully saturated rings. The zero-order chi connectivity index (χ0) is 7.72. The Balaban J connectivity index is 3.17. The Morgan fingerprint density at radius 2 is 1.90 bits per heavy atom. The highest BCUT2D eigenvalue weighted by Gasteiger charge is 2.06. The molecule has 0 radical (unpaired) electrons. The van der Waals surface area contributed by atoms with Crippen molar-refractivity contribution >= 4 is 27.3 Å². The molecule has 0 amide bonds. The van der Waals surface area contributed by atoms with Crippen LogP contribution in [-0.4, -0.2) is 0 Å². The average molecular weight is 219 g/mol. The zero-order valence-corrected chi connectivity index (χ0v) is 8.90. The fourth-order valence-electron chi connectivity index (χ4n) is 0.955. The van der Waals surface area contributed by atoms with Crippen molar-refractivity contribution in [3.63, 3.8) is 0 Å². The van der Waals surface area contributed by atoms with Gasteiger partial charge in [-0.05, 0) is 47.3 Å². The molecule has 0 saturated heterocycles. The highest BCUT2D eigenvalue weighted by atomic mass is 79.9. The Morgan fingerprint density at radius 1 is 1.30 bits per heavy atom. The third-order valence-electron chi connectivity index (χ3n) is 1.81. The molecule has 2 heteroatoms. The normalized spacial score (nSPS) is 10.4. The van der Waals surface area contributed by atoms with E-state index in [9.17, 15) is 0 Å². The van der Waals surface area contributed by atoms with Gasteiger partial charge in [0.2, 0.25) is 0 Å². The minimum absolute atomic E-state index is 1.16. The molecule has 1 aromatic heterocycles. The van der Waals surface area contributed by atoms with Gasteiger partial charge >= 0.3 is 0 Å². The fraction of sp³-hybridized carbons (Fsp3) is 0.500. The van der Waals surface area contributed by atoms with Gasteiger partial charge in [-0.2, -0.15) is 0 Å². The third kappa shape index (κ3) is 1.28. The van der Waals surface area contributed by atoms with Crippen molar-refractivity contribution < 1.29 is 0 Å². The van der Waals surface area contributed by atoms with Gasteiger partial charge in [-0.25, -0.2) is 0 Å². The zero-order valence-electron chi connectivity index (χ0n) is 6.49. The molecule has 0 aliphatic carbocycles. The second-order valence-electron chi connectivity index (χ2n) is 2.40. The van der Waals surface area contributed by atoms with Crippen LogP contribution in [0.15, 0.2) is 3.79 Å². The van der Waals surface area contributed by atoms with Crippen LogP contribution in [0.1, 0.15) is 22.9 Å². The van der Waals surface area contributed by atoms with Gasteiger partial charge in [0.1, 0.15) is 0 Å². The fourth-order valence-corrected chi connectivity index (χ4v) is 2.81. The summed E-state index contributed by atoms with van der Waals surface area (Å²) in [5.41, 5.74) is 2.86. The largest absolute Gasteiger partial charge is 0.133 e. The summed E-state index contributed by atoms with van der Waals surface area (Å²) >= 11 is 5.38. The van der Waals surface area contributed by atoms with E-state index in [1.165, 1.54) is 19.8 Å². The molecule has 10 heavy (non-hydrogen) atoms. The highest BCUT2D eigenvalue weighted by Crippen LogP contribution is 2.31. The van der Waals surface area contributed by atoms with Crippen molar-refractivity contribution in [3.05, 3.63) is 19.8 Å². The second-order valence-corrected chi connectivity index (χ2v) is 4.83. The molecule has 0 N–H and O–H groups in total. The Kier molecular flexibility index (Phi) is 2.53. The topological polar surface area (TPSA) is 0 Å². The molecule has 0 saturated carbocycles. The summed E-state index contributed by atoms with van der Waals surface area (Å²) in [5, 5.41) is 0. The smallest absolute Gasteiger partial charge is 0.0733 e. The molecule has 0 bridgehead atoms. The van der Waals surface area contributed by atoms with Gasteiger partial charge in [0.15, 0.2) is 0 Å². The van der Waals surface area contributed by atoms with Crippen molar-refractivity contribution in [2.45, 2.75) is 27.2 Å². The molecule has 0 nitrogen and oxygen atoms in total. The number of halogens is 1. The average Bonchev–Trinajstić information content (AvgIpc) is 2.17. The summed E-state index contributed by atoms with van der Waals surface area (Å²) in [5.74, 6) is 0. The quantitative estimate of drug-likeness (QED) is 0.675. The number of rotatable bonds is 1. The van der Waals surface area contributed by atoms with E-state index in [2.05, 4.69) is 36.7 Å². The van der Waals surface area contributed by atoms with Crippen molar-refractivity contribution in [2.75, 3.05) is 0 Å². The van der Waals surface area contributed by atoms with E-state index in [0.717, 1.165) is 6.42 Å². The second kappa shape index (κ2) is 3.05. The molecule has 0 aromatic carbocycles. The molecule has 1 heterocycles. The maximum atomic E-state index is 3.53. The van der Waals surface area contributed by atoms with Crippen LogP contribution in [-0.2, 0) is 6.42 Å². The van der Waals surface area contributed by atoms with Crippen molar-refractivity contribution in [1.82, 2.24) is 0 Å². The number of hydrogen-bond donors (Lipinski definition) is 0. The van der Waals surface area contributed by atoms with Crippen molar-refractivity contribution in [3.8, 4) is 0 Å². The van der Waals surface area contributed by atoms with Crippen LogP contribution in [0.3, 0.4) is 0 Å². The molecule has 0 unspecified atom stereocenters. The monoisotopic (exact) mass is 218 g/mol. The lowest BCUT2D eigenvalue weighted by Gasteiger charge is -1.91. The summed E-state index contributed by atoms with van der Waals surface area (Å²) in [7, 11) is 0. The van der Waals surface area contributed by atoms with Crippen LogP contribution in [0.5, 0.6) is 0 Å². The molecule has 56 valence electrons. The minimum atomic E-state index is 1.16. The van der Waals surface area contributed by atoms with Crippen LogP contribution in [0.2, 0.25) is 0 Å². The van der Waals surface area contributed by atoms with E-state index in [4.69, 9.17) is 0 Å². The first-order valence-electron chi connectivity index (χ1n) is 3.41. The van der Waals surface area contributed by atoms with Crippen molar-refractivity contribution in [1.29, 1.82) is 0 Å². The van der Waals surface area contributed by atoms with Gasteiger partial charge in [0.05, 0.1) is 3.79 Å². The highest BCUT2D eigenvalue weighted by molar-refractivity contribution is 9.11. The Bertz CT molecular complexity index is 238. The van der Waals surface area contributed by atoms with Crippen LogP contribution in [0.25, 0.3) is 0 Å². The van der Waals surface area contributed by atoms with E-state index < -0.39 is 0 Å². The van der Waals surface area contributed by atoms with E-state index >= 15 is 0 Å². The lowest BCUT2D eigenvalue weighted by atomic mass is 10.2. The van der Waals surface area contributed by atoms with E-state index in [1.807, 2.05) is 11.3 Å². The van der Waals surface area contributed by atoms with Gasteiger partial charge < -0.3 is 0 Å². The van der Waals surface area contributed by atoms with Crippen LogP contribution < -0.4 is 0 Å². The third-order valence-corrected chi connectivity index (χ3v) is 4.22. The maximum absolute atomic E-state index is 3.53. The summed E-state index contributed by atoms with van der Waals surface area (Å²) in [6.45, 7) is 6.55. The summed E-state index contributed by atoms with van der Waals surface area (Å²) in [6, 6.07) is 0. The van der Waals surface area contributed by atoms with Gasteiger partial charge in [-0.15, -0.1) is 11.3 Å². The van der Waals surface area contributed by atoms with E-state index in [1.54, 1.807) is 0 Å². The summed E-state index contributed by atoms with van der Waals surface area (Å²) in [4.78, 5) is 1.50. The summed E-state index contributed by atoms with van der Waals surface area (Å²) in [6.07, 6.45) is 1.16. The van der Waals surface area contributed by atoms with Crippen LogP contribution >= 0.6 is 27.3 Å². The van der Waals surface area contributed by atoms with Crippen LogP contribution in [0, 0.1) is 13.8 Å². The van der Waals surface area contributed by atoms with E-state index in [-0.39, 0.29) is 0 Å². The molecule has 0 spiro atoms. The molecule has 1 rings (SSSR count). The molecule has 0 atom stereocenters. The van der Waals surface area contributed by atoms with Crippen molar-refractivity contribution in [2.24, 2.45) is 0 Å². The number of thiophene rings is 1. The lowest BCUT2D eigenvalue weighted by molar-refractivity contribution is 1.15. The number of hydrogen-bond acceptors (Lipinski definition) is 1. The van der Waals surface area contributed by atoms with Gasteiger partial charge in [0, 0.05) is 4.88 Å². The van der Waals surface area contributed by atoms with Gasteiger partial charge in [0.25, 0.3) is 0 Å². The maximum Gasteiger partial charge on any atom is 0.0733 e. The Labute approximate surface area is 74.4 Å². The van der Waals surface area contributed by atoms with E-state index in [0.29, 0.717) is 0 Å². The van der Waals surface area contributed by atoms with Gasteiger partial charge in [-0.3, -0.25) is 0 Å². The van der Waals surface area contributed by atoms with Gasteiger partial charge in [-0.1, -0.05) is 6.92 Å². The Hall–Kier alpha value is 0.180. The SMILES string of the molecule is CCc1sc(Br)c(C)c1C. The van der Waals surface area contributed by atoms with Crippen LogP contribution in [0.4, 0.5) is 0 Å². The molecule has 0 aliphatic heterocycles. The first-order valence-corrected chi connectivity index (χ1v) is 5.02. The molecular formula is C8H11BrS. The lowest BCUT2D eigenvalue weighted by Crippen LogP contribution is -1.77. The molecule has 0 aliphatic rings. The first kappa shape index (κ1) is 8.28. The predicted molar refractivity (Wildman–Crippen MR) is 50.9 cm³/mol. The molecule has 1 aromatic rings. The number of aryl methyl sites for hydroxylation is 1. The molecular weight excluding hydrogens is 208 g/mol. The standard InChI is InChI=1S/C8H11BrS/c1-4-7-5(2)6(3)8(9)10-7/h4H2,1-3H3.